The Balaban J connectivity index is 2.49. The highest BCUT2D eigenvalue weighted by molar-refractivity contribution is 6.30. The number of nitrogens with zero attached hydrogens (tertiary/aromatic N) is 3. The van der Waals surface area contributed by atoms with Gasteiger partial charge in [0, 0.05) is 18.7 Å². The average Bonchev–Trinajstić information content (AvgIpc) is 2.81. The predicted molar refractivity (Wildman–Crippen MR) is 70.2 cm³/mol. The fourth-order valence-electron chi connectivity index (χ4n) is 1.77. The van der Waals surface area contributed by atoms with Crippen molar-refractivity contribution in [2.75, 3.05) is 13.7 Å². The SMILES string of the molecule is COCCn1c(CN)nnc1-c1cc(Cl)ccc1F. The number of rotatable bonds is 5. The molecule has 1 aromatic heterocycles. The lowest BCUT2D eigenvalue weighted by molar-refractivity contribution is 0.186. The van der Waals surface area contributed by atoms with E-state index in [9.17, 15) is 4.39 Å². The Kier molecular flexibility index (Phi) is 4.47. The third-order valence-corrected chi connectivity index (χ3v) is 2.93. The van der Waals surface area contributed by atoms with Gasteiger partial charge in [-0.15, -0.1) is 10.2 Å². The maximum atomic E-state index is 13.9. The molecule has 0 aliphatic carbocycles. The molecule has 0 saturated carbocycles. The number of benzene rings is 1. The van der Waals surface area contributed by atoms with Crippen molar-refractivity contribution < 1.29 is 9.13 Å². The number of ether oxygens (including phenoxy) is 1. The maximum Gasteiger partial charge on any atom is 0.167 e. The van der Waals surface area contributed by atoms with Crippen molar-refractivity contribution in [2.24, 2.45) is 5.73 Å². The van der Waals surface area contributed by atoms with E-state index in [4.69, 9.17) is 22.1 Å². The summed E-state index contributed by atoms with van der Waals surface area (Å²) in [6.07, 6.45) is 0. The van der Waals surface area contributed by atoms with E-state index < -0.39 is 5.82 Å². The van der Waals surface area contributed by atoms with Gasteiger partial charge in [0.25, 0.3) is 0 Å². The standard InChI is InChI=1S/C12H14ClFN4O/c1-19-5-4-18-11(7-15)16-17-12(18)9-6-8(13)2-3-10(9)14/h2-3,6H,4-5,7,15H2,1H3. The van der Waals surface area contributed by atoms with Crippen molar-refractivity contribution in [3.63, 3.8) is 0 Å². The molecule has 0 radical (unpaired) electrons. The Morgan fingerprint density at radius 1 is 1.42 bits per heavy atom. The summed E-state index contributed by atoms with van der Waals surface area (Å²) in [5.74, 6) is 0.572. The third kappa shape index (κ3) is 2.91. The highest BCUT2D eigenvalue weighted by Gasteiger charge is 2.16. The van der Waals surface area contributed by atoms with E-state index in [0.717, 1.165) is 0 Å². The summed E-state index contributed by atoms with van der Waals surface area (Å²) in [4.78, 5) is 0. The van der Waals surface area contributed by atoms with Crippen LogP contribution in [0.15, 0.2) is 18.2 Å². The molecule has 0 fully saturated rings. The molecule has 0 unspecified atom stereocenters. The number of aromatic nitrogens is 3. The average molecular weight is 285 g/mol. The highest BCUT2D eigenvalue weighted by Crippen LogP contribution is 2.25. The fraction of sp³-hybridized carbons (Fsp3) is 0.333. The summed E-state index contributed by atoms with van der Waals surface area (Å²) >= 11 is 5.89. The van der Waals surface area contributed by atoms with Crippen molar-refractivity contribution in [3.05, 3.63) is 34.9 Å². The second-order valence-electron chi connectivity index (χ2n) is 3.91. The molecule has 0 spiro atoms. The second-order valence-corrected chi connectivity index (χ2v) is 4.35. The third-order valence-electron chi connectivity index (χ3n) is 2.70. The summed E-state index contributed by atoms with van der Waals surface area (Å²) in [6, 6.07) is 4.31. The minimum atomic E-state index is -0.404. The van der Waals surface area contributed by atoms with Crippen LogP contribution >= 0.6 is 11.6 Å². The van der Waals surface area contributed by atoms with Gasteiger partial charge in [-0.2, -0.15) is 0 Å². The van der Waals surface area contributed by atoms with Gasteiger partial charge in [0.05, 0.1) is 18.7 Å². The summed E-state index contributed by atoms with van der Waals surface area (Å²) in [7, 11) is 1.59. The quantitative estimate of drug-likeness (QED) is 0.910. The van der Waals surface area contributed by atoms with Gasteiger partial charge in [0.15, 0.2) is 5.82 Å². The van der Waals surface area contributed by atoms with E-state index in [1.54, 1.807) is 11.7 Å². The van der Waals surface area contributed by atoms with E-state index >= 15 is 0 Å². The van der Waals surface area contributed by atoms with Gasteiger partial charge in [0.1, 0.15) is 11.6 Å². The van der Waals surface area contributed by atoms with Crippen LogP contribution in [0.2, 0.25) is 5.02 Å². The Bertz CT molecular complexity index is 573. The molecule has 0 amide bonds. The largest absolute Gasteiger partial charge is 0.383 e. The molecule has 0 bridgehead atoms. The summed E-state index contributed by atoms with van der Waals surface area (Å²) in [5, 5.41) is 8.39. The Morgan fingerprint density at radius 3 is 2.89 bits per heavy atom. The van der Waals surface area contributed by atoms with Crippen LogP contribution in [-0.2, 0) is 17.8 Å². The van der Waals surface area contributed by atoms with Gasteiger partial charge in [-0.05, 0) is 18.2 Å². The Morgan fingerprint density at radius 2 is 2.21 bits per heavy atom. The monoisotopic (exact) mass is 284 g/mol. The molecule has 2 rings (SSSR count). The summed E-state index contributed by atoms with van der Waals surface area (Å²) in [6.45, 7) is 1.18. The first-order valence-corrected chi connectivity index (χ1v) is 6.11. The normalized spacial score (nSPS) is 10.9. The first-order chi connectivity index (χ1) is 9.17. The first-order valence-electron chi connectivity index (χ1n) is 5.74. The van der Waals surface area contributed by atoms with Crippen LogP contribution in [0, 0.1) is 5.82 Å². The van der Waals surface area contributed by atoms with E-state index in [1.165, 1.54) is 18.2 Å². The zero-order valence-corrected chi connectivity index (χ0v) is 11.2. The van der Waals surface area contributed by atoms with Gasteiger partial charge < -0.3 is 15.0 Å². The molecule has 1 aromatic carbocycles. The molecule has 2 aromatic rings. The number of halogens is 2. The highest BCUT2D eigenvalue weighted by atomic mass is 35.5. The molecule has 5 nitrogen and oxygen atoms in total. The van der Waals surface area contributed by atoms with Crippen LogP contribution < -0.4 is 5.73 Å². The van der Waals surface area contributed by atoms with Crippen LogP contribution in [0.4, 0.5) is 4.39 Å². The van der Waals surface area contributed by atoms with Crippen LogP contribution in [0.5, 0.6) is 0 Å². The van der Waals surface area contributed by atoms with Crippen molar-refractivity contribution in [2.45, 2.75) is 13.1 Å². The van der Waals surface area contributed by atoms with Crippen LogP contribution in [0.3, 0.4) is 0 Å². The molecule has 1 heterocycles. The lowest BCUT2D eigenvalue weighted by Gasteiger charge is -2.09. The smallest absolute Gasteiger partial charge is 0.167 e. The van der Waals surface area contributed by atoms with Gasteiger partial charge in [0.2, 0.25) is 0 Å². The zero-order chi connectivity index (χ0) is 13.8. The van der Waals surface area contributed by atoms with Crippen LogP contribution in [0.25, 0.3) is 11.4 Å². The molecule has 0 atom stereocenters. The van der Waals surface area contributed by atoms with Gasteiger partial charge in [-0.1, -0.05) is 11.6 Å². The lowest BCUT2D eigenvalue weighted by atomic mass is 10.2. The minimum Gasteiger partial charge on any atom is -0.383 e. The van der Waals surface area contributed by atoms with Gasteiger partial charge >= 0.3 is 0 Å². The van der Waals surface area contributed by atoms with E-state index in [1.807, 2.05) is 0 Å². The second kappa shape index (κ2) is 6.10. The fourth-order valence-corrected chi connectivity index (χ4v) is 1.94. The van der Waals surface area contributed by atoms with E-state index in [0.29, 0.717) is 35.4 Å². The summed E-state index contributed by atoms with van der Waals surface area (Å²) < 4.78 is 20.6. The van der Waals surface area contributed by atoms with Gasteiger partial charge in [-0.25, -0.2) is 4.39 Å². The molecule has 0 saturated heterocycles. The molecule has 102 valence electrons. The molecule has 2 N–H and O–H groups in total. The van der Waals surface area contributed by atoms with Crippen LogP contribution in [0.1, 0.15) is 5.82 Å². The Hall–Kier alpha value is -1.50. The molecule has 19 heavy (non-hydrogen) atoms. The van der Waals surface area contributed by atoms with E-state index in [-0.39, 0.29) is 6.54 Å². The van der Waals surface area contributed by atoms with Crippen LogP contribution in [-0.4, -0.2) is 28.5 Å². The molecular weight excluding hydrogens is 271 g/mol. The van der Waals surface area contributed by atoms with Crippen molar-refractivity contribution in [3.8, 4) is 11.4 Å². The number of hydrogen-bond acceptors (Lipinski definition) is 4. The zero-order valence-electron chi connectivity index (χ0n) is 10.4. The van der Waals surface area contributed by atoms with Gasteiger partial charge in [-0.3, -0.25) is 0 Å². The molecule has 0 aliphatic rings. The predicted octanol–water partition coefficient (Wildman–Crippen LogP) is 1.84. The number of hydrogen-bond donors (Lipinski definition) is 1. The number of methoxy groups -OCH3 is 1. The lowest BCUT2D eigenvalue weighted by Crippen LogP contribution is -2.13. The molecule has 7 heteroatoms. The van der Waals surface area contributed by atoms with Crippen molar-refractivity contribution >= 4 is 11.6 Å². The Labute approximate surface area is 115 Å². The maximum absolute atomic E-state index is 13.9. The number of nitrogens with two attached hydrogens (primary N) is 1. The summed E-state index contributed by atoms with van der Waals surface area (Å²) in [5.41, 5.74) is 5.90. The minimum absolute atomic E-state index is 0.221. The van der Waals surface area contributed by atoms with Crippen molar-refractivity contribution in [1.29, 1.82) is 0 Å². The topological polar surface area (TPSA) is 66.0 Å². The van der Waals surface area contributed by atoms with Crippen molar-refractivity contribution in [1.82, 2.24) is 14.8 Å². The van der Waals surface area contributed by atoms with E-state index in [2.05, 4.69) is 10.2 Å². The first kappa shape index (κ1) is 13.9. The molecule has 0 aliphatic heterocycles. The molecular formula is C12H14ClFN4O.